The molecule has 33 heavy (non-hydrogen) atoms. The molecule has 0 saturated carbocycles. The van der Waals surface area contributed by atoms with Crippen LogP contribution in [0.3, 0.4) is 0 Å². The Bertz CT molecular complexity index is 1160. The smallest absolute Gasteiger partial charge is 0.295 e. The standard InChI is InChI=1S/C24H28F2N4O3/c1-2-32-14-11-30-23-21(6-5-20(29-23)17-3-4-18(25)19(26)15-17)28-22(24(30)31)27-10-7-16-8-12-33-13-9-16/h3-6,15-16H,2,7-14H2,1H3,(H,27,28). The van der Waals surface area contributed by atoms with Crippen molar-refractivity contribution < 1.29 is 18.3 Å². The number of nitrogens with one attached hydrogen (secondary N) is 1. The van der Waals surface area contributed by atoms with E-state index in [1.54, 1.807) is 12.1 Å². The third-order valence-corrected chi connectivity index (χ3v) is 5.85. The number of fused-ring (bicyclic) bond motifs is 1. The fourth-order valence-electron chi connectivity index (χ4n) is 3.99. The van der Waals surface area contributed by atoms with Gasteiger partial charge in [-0.2, -0.15) is 0 Å². The van der Waals surface area contributed by atoms with Gasteiger partial charge in [-0.1, -0.05) is 0 Å². The molecular formula is C24H28F2N4O3. The van der Waals surface area contributed by atoms with Crippen molar-refractivity contribution in [2.75, 3.05) is 38.3 Å². The maximum absolute atomic E-state index is 13.7. The van der Waals surface area contributed by atoms with E-state index >= 15 is 0 Å². The molecule has 0 unspecified atom stereocenters. The lowest BCUT2D eigenvalue weighted by atomic mass is 9.97. The van der Waals surface area contributed by atoms with Gasteiger partial charge in [0.1, 0.15) is 5.52 Å². The number of benzene rings is 1. The second kappa shape index (κ2) is 10.8. The van der Waals surface area contributed by atoms with Gasteiger partial charge in [0.2, 0.25) is 0 Å². The van der Waals surface area contributed by atoms with Gasteiger partial charge in [0.25, 0.3) is 5.56 Å². The van der Waals surface area contributed by atoms with Gasteiger partial charge < -0.3 is 14.8 Å². The van der Waals surface area contributed by atoms with Crippen molar-refractivity contribution in [1.82, 2.24) is 14.5 Å². The Morgan fingerprint density at radius 3 is 2.73 bits per heavy atom. The summed E-state index contributed by atoms with van der Waals surface area (Å²) >= 11 is 0. The van der Waals surface area contributed by atoms with E-state index in [0.29, 0.717) is 54.6 Å². The fraction of sp³-hybridized carbons (Fsp3) is 0.458. The van der Waals surface area contributed by atoms with Gasteiger partial charge in [0, 0.05) is 31.9 Å². The molecule has 1 aliphatic heterocycles. The molecule has 0 aliphatic carbocycles. The predicted molar refractivity (Wildman–Crippen MR) is 122 cm³/mol. The summed E-state index contributed by atoms with van der Waals surface area (Å²) in [6.45, 7) is 5.27. The number of pyridine rings is 1. The van der Waals surface area contributed by atoms with Crippen molar-refractivity contribution in [2.24, 2.45) is 5.92 Å². The number of hydrogen-bond acceptors (Lipinski definition) is 6. The van der Waals surface area contributed by atoms with E-state index in [2.05, 4.69) is 15.3 Å². The minimum absolute atomic E-state index is 0.272. The first-order valence-corrected chi connectivity index (χ1v) is 11.3. The molecule has 0 spiro atoms. The molecule has 3 heterocycles. The van der Waals surface area contributed by atoms with Gasteiger partial charge in [0.05, 0.1) is 18.8 Å². The molecule has 4 rings (SSSR count). The molecule has 9 heteroatoms. The summed E-state index contributed by atoms with van der Waals surface area (Å²) in [5.74, 6) is -1.03. The van der Waals surface area contributed by atoms with E-state index in [-0.39, 0.29) is 11.4 Å². The molecule has 3 aromatic rings. The molecule has 176 valence electrons. The molecule has 0 amide bonds. The largest absolute Gasteiger partial charge is 0.381 e. The molecule has 1 aromatic carbocycles. The average Bonchev–Trinajstić information content (AvgIpc) is 2.83. The summed E-state index contributed by atoms with van der Waals surface area (Å²) in [5, 5.41) is 3.20. The van der Waals surface area contributed by atoms with Crippen LogP contribution in [0, 0.1) is 17.6 Å². The molecule has 0 bridgehead atoms. The van der Waals surface area contributed by atoms with Crippen molar-refractivity contribution in [2.45, 2.75) is 32.7 Å². The Morgan fingerprint density at radius 2 is 1.97 bits per heavy atom. The van der Waals surface area contributed by atoms with Crippen LogP contribution in [0.15, 0.2) is 35.1 Å². The Labute approximate surface area is 190 Å². The van der Waals surface area contributed by atoms with Crippen LogP contribution in [-0.4, -0.2) is 47.5 Å². The van der Waals surface area contributed by atoms with E-state index in [0.717, 1.165) is 44.6 Å². The first-order chi connectivity index (χ1) is 16.1. The number of aromatic nitrogens is 3. The van der Waals surface area contributed by atoms with E-state index in [1.807, 2.05) is 6.92 Å². The summed E-state index contributed by atoms with van der Waals surface area (Å²) in [6.07, 6.45) is 3.00. The van der Waals surface area contributed by atoms with Crippen LogP contribution in [0.1, 0.15) is 26.2 Å². The summed E-state index contributed by atoms with van der Waals surface area (Å²) in [7, 11) is 0. The van der Waals surface area contributed by atoms with Crippen LogP contribution in [0.25, 0.3) is 22.4 Å². The maximum Gasteiger partial charge on any atom is 0.295 e. The molecule has 1 aliphatic rings. The Kier molecular flexibility index (Phi) is 7.61. The zero-order chi connectivity index (χ0) is 23.2. The van der Waals surface area contributed by atoms with E-state index in [4.69, 9.17) is 9.47 Å². The maximum atomic E-state index is 13.7. The average molecular weight is 459 g/mol. The summed E-state index contributed by atoms with van der Waals surface area (Å²) in [6, 6.07) is 7.02. The molecular weight excluding hydrogens is 430 g/mol. The molecule has 1 N–H and O–H groups in total. The number of hydrogen-bond donors (Lipinski definition) is 1. The van der Waals surface area contributed by atoms with Crippen LogP contribution in [0.5, 0.6) is 0 Å². The first kappa shape index (κ1) is 23.3. The third-order valence-electron chi connectivity index (χ3n) is 5.85. The second-order valence-electron chi connectivity index (χ2n) is 8.05. The van der Waals surface area contributed by atoms with Crippen LogP contribution >= 0.6 is 0 Å². The van der Waals surface area contributed by atoms with Crippen molar-refractivity contribution in [3.05, 3.63) is 52.3 Å². The van der Waals surface area contributed by atoms with Gasteiger partial charge in [-0.15, -0.1) is 0 Å². The summed E-state index contributed by atoms with van der Waals surface area (Å²) < 4.78 is 39.5. The van der Waals surface area contributed by atoms with Crippen molar-refractivity contribution in [3.63, 3.8) is 0 Å². The number of ether oxygens (including phenoxy) is 2. The minimum atomic E-state index is -0.953. The normalized spacial score (nSPS) is 14.6. The highest BCUT2D eigenvalue weighted by molar-refractivity contribution is 5.76. The van der Waals surface area contributed by atoms with Crippen molar-refractivity contribution >= 4 is 17.0 Å². The first-order valence-electron chi connectivity index (χ1n) is 11.3. The van der Waals surface area contributed by atoms with Crippen LogP contribution in [0.4, 0.5) is 14.6 Å². The zero-order valence-corrected chi connectivity index (χ0v) is 18.7. The van der Waals surface area contributed by atoms with Gasteiger partial charge in [-0.3, -0.25) is 9.36 Å². The fourth-order valence-corrected chi connectivity index (χ4v) is 3.99. The van der Waals surface area contributed by atoms with Gasteiger partial charge in [0.15, 0.2) is 23.1 Å². The summed E-state index contributed by atoms with van der Waals surface area (Å²) in [5.41, 5.74) is 1.46. The van der Waals surface area contributed by atoms with E-state index in [1.165, 1.54) is 10.6 Å². The number of nitrogens with zero attached hydrogens (tertiary/aromatic N) is 3. The van der Waals surface area contributed by atoms with E-state index in [9.17, 15) is 13.6 Å². The molecule has 0 atom stereocenters. The van der Waals surface area contributed by atoms with Crippen LogP contribution in [0.2, 0.25) is 0 Å². The number of anilines is 1. The Morgan fingerprint density at radius 1 is 1.15 bits per heavy atom. The second-order valence-corrected chi connectivity index (χ2v) is 8.05. The highest BCUT2D eigenvalue weighted by Crippen LogP contribution is 2.23. The van der Waals surface area contributed by atoms with Crippen LogP contribution < -0.4 is 10.9 Å². The number of halogens is 2. The lowest BCUT2D eigenvalue weighted by Crippen LogP contribution is -2.28. The molecule has 1 fully saturated rings. The summed E-state index contributed by atoms with van der Waals surface area (Å²) in [4.78, 5) is 22.3. The lowest BCUT2D eigenvalue weighted by Gasteiger charge is -2.22. The molecule has 1 saturated heterocycles. The lowest BCUT2D eigenvalue weighted by molar-refractivity contribution is 0.0649. The minimum Gasteiger partial charge on any atom is -0.381 e. The highest BCUT2D eigenvalue weighted by atomic mass is 19.2. The predicted octanol–water partition coefficient (Wildman–Crippen LogP) is 4.00. The molecule has 2 aromatic heterocycles. The van der Waals surface area contributed by atoms with Gasteiger partial charge >= 0.3 is 0 Å². The third kappa shape index (κ3) is 5.54. The van der Waals surface area contributed by atoms with E-state index < -0.39 is 11.6 Å². The van der Waals surface area contributed by atoms with Gasteiger partial charge in [-0.25, -0.2) is 18.7 Å². The van der Waals surface area contributed by atoms with Crippen molar-refractivity contribution in [3.8, 4) is 11.3 Å². The zero-order valence-electron chi connectivity index (χ0n) is 18.7. The SMILES string of the molecule is CCOCCn1c(=O)c(NCCC2CCOCC2)nc2ccc(-c3ccc(F)c(F)c3)nc21. The number of rotatable bonds is 9. The van der Waals surface area contributed by atoms with Crippen LogP contribution in [-0.2, 0) is 16.0 Å². The monoisotopic (exact) mass is 458 g/mol. The Balaban J connectivity index is 1.64. The van der Waals surface area contributed by atoms with Crippen molar-refractivity contribution in [1.29, 1.82) is 0 Å². The molecule has 7 nitrogen and oxygen atoms in total. The quantitative estimate of drug-likeness (QED) is 0.489. The Hall–Kier alpha value is -2.91. The van der Waals surface area contributed by atoms with Gasteiger partial charge in [-0.05, 0) is 62.4 Å². The topological polar surface area (TPSA) is 78.3 Å². The molecule has 0 radical (unpaired) electrons. The highest BCUT2D eigenvalue weighted by Gasteiger charge is 2.16.